The Morgan fingerprint density at radius 1 is 0.633 bits per heavy atom. The standard InChI is InChI=1S/C25H22ClNO3/c1-28-19-9-4-16(5-10-19)22-15-23(17-6-11-20(29-2)12-7-17)27-25(22)21-13-8-18(26)14-24(21)30-3/h4-15,27H,1-3H3. The minimum absolute atomic E-state index is 0.628. The van der Waals surface area contributed by atoms with Crippen LogP contribution in [0.15, 0.2) is 72.8 Å². The average molecular weight is 420 g/mol. The first-order valence-electron chi connectivity index (χ1n) is 9.48. The Hall–Kier alpha value is -3.37. The average Bonchev–Trinajstić information content (AvgIpc) is 3.24. The van der Waals surface area contributed by atoms with E-state index in [1.54, 1.807) is 21.3 Å². The molecule has 1 N–H and O–H groups in total. The van der Waals surface area contributed by atoms with Crippen LogP contribution < -0.4 is 14.2 Å². The van der Waals surface area contributed by atoms with Crippen molar-refractivity contribution in [1.82, 2.24) is 4.98 Å². The second kappa shape index (κ2) is 8.56. The van der Waals surface area contributed by atoms with Crippen molar-refractivity contribution in [2.75, 3.05) is 21.3 Å². The topological polar surface area (TPSA) is 43.5 Å². The predicted octanol–water partition coefficient (Wildman–Crippen LogP) is 6.69. The van der Waals surface area contributed by atoms with Crippen molar-refractivity contribution in [3.63, 3.8) is 0 Å². The molecular weight excluding hydrogens is 398 g/mol. The van der Waals surface area contributed by atoms with Crippen molar-refractivity contribution in [2.45, 2.75) is 0 Å². The molecule has 0 saturated heterocycles. The summed E-state index contributed by atoms with van der Waals surface area (Å²) < 4.78 is 16.2. The summed E-state index contributed by atoms with van der Waals surface area (Å²) in [5.74, 6) is 2.34. The molecule has 4 nitrogen and oxygen atoms in total. The van der Waals surface area contributed by atoms with Gasteiger partial charge in [0.05, 0.1) is 27.0 Å². The molecule has 0 unspecified atom stereocenters. The van der Waals surface area contributed by atoms with E-state index in [1.807, 2.05) is 66.7 Å². The van der Waals surface area contributed by atoms with E-state index in [2.05, 4.69) is 11.1 Å². The molecular formula is C25H22ClNO3. The SMILES string of the molecule is COc1ccc(-c2cc(-c3ccc(OC)cc3)c(-c3ccc(Cl)cc3OC)[nH]2)cc1. The highest BCUT2D eigenvalue weighted by Gasteiger charge is 2.17. The Bertz CT molecular complexity index is 1150. The lowest BCUT2D eigenvalue weighted by molar-refractivity contribution is 0.415. The Morgan fingerprint density at radius 2 is 1.23 bits per heavy atom. The molecule has 0 spiro atoms. The molecule has 0 fully saturated rings. The lowest BCUT2D eigenvalue weighted by atomic mass is 10.0. The summed E-state index contributed by atoms with van der Waals surface area (Å²) in [4.78, 5) is 3.58. The molecule has 0 radical (unpaired) electrons. The molecule has 0 amide bonds. The maximum absolute atomic E-state index is 6.19. The van der Waals surface area contributed by atoms with Gasteiger partial charge in [-0.15, -0.1) is 0 Å². The van der Waals surface area contributed by atoms with Crippen LogP contribution in [-0.4, -0.2) is 26.3 Å². The second-order valence-corrected chi connectivity index (χ2v) is 7.21. The second-order valence-electron chi connectivity index (χ2n) is 6.77. The molecule has 4 aromatic rings. The van der Waals surface area contributed by atoms with Gasteiger partial charge in [0, 0.05) is 21.8 Å². The smallest absolute Gasteiger partial charge is 0.129 e. The van der Waals surface area contributed by atoms with Crippen LogP contribution in [0.3, 0.4) is 0 Å². The van der Waals surface area contributed by atoms with Gasteiger partial charge < -0.3 is 19.2 Å². The van der Waals surface area contributed by atoms with Crippen molar-refractivity contribution < 1.29 is 14.2 Å². The van der Waals surface area contributed by atoms with Crippen molar-refractivity contribution in [1.29, 1.82) is 0 Å². The van der Waals surface area contributed by atoms with E-state index >= 15 is 0 Å². The highest BCUT2D eigenvalue weighted by atomic mass is 35.5. The third-order valence-electron chi connectivity index (χ3n) is 5.05. The number of nitrogens with one attached hydrogen (secondary N) is 1. The number of benzene rings is 3. The Labute approximate surface area is 181 Å². The van der Waals surface area contributed by atoms with Crippen molar-refractivity contribution in [3.8, 4) is 50.9 Å². The summed E-state index contributed by atoms with van der Waals surface area (Å²) in [6.07, 6.45) is 0. The third-order valence-corrected chi connectivity index (χ3v) is 5.29. The molecule has 1 aromatic heterocycles. The molecule has 4 rings (SSSR count). The first-order valence-corrected chi connectivity index (χ1v) is 9.86. The number of aromatic amines is 1. The number of hydrogen-bond donors (Lipinski definition) is 1. The summed E-state index contributed by atoms with van der Waals surface area (Å²) in [6.45, 7) is 0. The fourth-order valence-electron chi connectivity index (χ4n) is 3.46. The van der Waals surface area contributed by atoms with Gasteiger partial charge in [0.15, 0.2) is 0 Å². The van der Waals surface area contributed by atoms with Gasteiger partial charge >= 0.3 is 0 Å². The minimum atomic E-state index is 0.628. The maximum Gasteiger partial charge on any atom is 0.129 e. The van der Waals surface area contributed by atoms with Crippen LogP contribution >= 0.6 is 11.6 Å². The summed E-state index contributed by atoms with van der Waals surface area (Å²) in [5, 5.41) is 0.628. The van der Waals surface area contributed by atoms with Crippen LogP contribution in [0.25, 0.3) is 33.6 Å². The van der Waals surface area contributed by atoms with Crippen molar-refractivity contribution in [2.24, 2.45) is 0 Å². The zero-order valence-electron chi connectivity index (χ0n) is 17.0. The quantitative estimate of drug-likeness (QED) is 0.378. The van der Waals surface area contributed by atoms with E-state index in [9.17, 15) is 0 Å². The fourth-order valence-corrected chi connectivity index (χ4v) is 3.63. The molecule has 1 heterocycles. The molecule has 152 valence electrons. The number of halogens is 1. The molecule has 0 atom stereocenters. The fraction of sp³-hybridized carbons (Fsp3) is 0.120. The predicted molar refractivity (Wildman–Crippen MR) is 122 cm³/mol. The largest absolute Gasteiger partial charge is 0.497 e. The van der Waals surface area contributed by atoms with Crippen molar-refractivity contribution >= 4 is 11.6 Å². The highest BCUT2D eigenvalue weighted by Crippen LogP contribution is 2.41. The molecule has 0 aliphatic rings. The van der Waals surface area contributed by atoms with Crippen LogP contribution in [0.5, 0.6) is 17.2 Å². The number of rotatable bonds is 6. The third kappa shape index (κ3) is 3.87. The first kappa shape index (κ1) is 19.9. The molecule has 0 aliphatic carbocycles. The Balaban J connectivity index is 1.89. The minimum Gasteiger partial charge on any atom is -0.497 e. The van der Waals surface area contributed by atoms with Crippen LogP contribution in [0, 0.1) is 0 Å². The summed E-state index contributed by atoms with van der Waals surface area (Å²) >= 11 is 6.19. The lowest BCUT2D eigenvalue weighted by Gasteiger charge is -2.11. The van der Waals surface area contributed by atoms with E-state index in [4.69, 9.17) is 25.8 Å². The zero-order chi connectivity index (χ0) is 21.1. The molecule has 0 bridgehead atoms. The molecule has 30 heavy (non-hydrogen) atoms. The molecule has 0 saturated carbocycles. The Morgan fingerprint density at radius 3 is 1.80 bits per heavy atom. The molecule has 5 heteroatoms. The van der Waals surface area contributed by atoms with E-state index in [1.165, 1.54) is 0 Å². The van der Waals surface area contributed by atoms with Crippen LogP contribution in [0.1, 0.15) is 0 Å². The van der Waals surface area contributed by atoms with Gasteiger partial charge in [-0.25, -0.2) is 0 Å². The van der Waals surface area contributed by atoms with Crippen LogP contribution in [0.2, 0.25) is 5.02 Å². The van der Waals surface area contributed by atoms with E-state index in [-0.39, 0.29) is 0 Å². The molecule has 3 aromatic carbocycles. The van der Waals surface area contributed by atoms with E-state index < -0.39 is 0 Å². The number of aromatic nitrogens is 1. The molecule has 0 aliphatic heterocycles. The van der Waals surface area contributed by atoms with E-state index in [0.29, 0.717) is 10.8 Å². The normalized spacial score (nSPS) is 10.7. The van der Waals surface area contributed by atoms with Gasteiger partial charge in [0.1, 0.15) is 17.2 Å². The number of hydrogen-bond acceptors (Lipinski definition) is 3. The summed E-state index contributed by atoms with van der Waals surface area (Å²) in [5.41, 5.74) is 6.08. The maximum atomic E-state index is 6.19. The summed E-state index contributed by atoms with van der Waals surface area (Å²) in [7, 11) is 4.98. The monoisotopic (exact) mass is 419 g/mol. The first-order chi connectivity index (χ1) is 14.6. The van der Waals surface area contributed by atoms with Crippen LogP contribution in [-0.2, 0) is 0 Å². The van der Waals surface area contributed by atoms with Gasteiger partial charge in [0.25, 0.3) is 0 Å². The summed E-state index contributed by atoms with van der Waals surface area (Å²) in [6, 6.07) is 23.8. The number of methoxy groups -OCH3 is 3. The Kier molecular flexibility index (Phi) is 5.68. The van der Waals surface area contributed by atoms with Crippen LogP contribution in [0.4, 0.5) is 0 Å². The van der Waals surface area contributed by atoms with Crippen molar-refractivity contribution in [3.05, 3.63) is 77.8 Å². The van der Waals surface area contributed by atoms with Gasteiger partial charge in [-0.05, 0) is 71.8 Å². The van der Waals surface area contributed by atoms with Gasteiger partial charge in [-0.2, -0.15) is 0 Å². The van der Waals surface area contributed by atoms with Gasteiger partial charge in [-0.1, -0.05) is 23.7 Å². The van der Waals surface area contributed by atoms with E-state index in [0.717, 1.165) is 45.1 Å². The van der Waals surface area contributed by atoms with Gasteiger partial charge in [-0.3, -0.25) is 0 Å². The lowest BCUT2D eigenvalue weighted by Crippen LogP contribution is -1.90. The number of ether oxygens (including phenoxy) is 3. The number of H-pyrrole nitrogens is 1. The zero-order valence-corrected chi connectivity index (χ0v) is 17.8. The van der Waals surface area contributed by atoms with Gasteiger partial charge in [0.2, 0.25) is 0 Å². The highest BCUT2D eigenvalue weighted by molar-refractivity contribution is 6.30.